The van der Waals surface area contributed by atoms with Crippen molar-refractivity contribution in [1.82, 2.24) is 14.9 Å². The molecular formula is C17H21FN4O. The molecule has 2 aromatic rings. The smallest absolute Gasteiger partial charge is 0.218 e. The van der Waals surface area contributed by atoms with Gasteiger partial charge in [0.15, 0.2) is 0 Å². The summed E-state index contributed by atoms with van der Waals surface area (Å²) in [7, 11) is 1.61. The van der Waals surface area contributed by atoms with Gasteiger partial charge in [-0.1, -0.05) is 12.1 Å². The third kappa shape index (κ3) is 3.76. The van der Waals surface area contributed by atoms with Crippen LogP contribution in [0.3, 0.4) is 0 Å². The second-order valence-corrected chi connectivity index (χ2v) is 5.77. The van der Waals surface area contributed by atoms with E-state index in [-0.39, 0.29) is 5.82 Å². The number of halogens is 1. The predicted molar refractivity (Wildman–Crippen MR) is 87.2 cm³/mol. The number of ether oxygens (including phenoxy) is 1. The lowest BCUT2D eigenvalue weighted by Crippen LogP contribution is -2.46. The Bertz CT molecular complexity index is 671. The van der Waals surface area contributed by atoms with Gasteiger partial charge in [0.2, 0.25) is 5.88 Å². The maximum Gasteiger partial charge on any atom is 0.218 e. The molecule has 0 atom stereocenters. The fraction of sp³-hybridized carbons (Fsp3) is 0.412. The van der Waals surface area contributed by atoms with Gasteiger partial charge < -0.3 is 9.64 Å². The molecule has 0 unspecified atom stereocenters. The maximum absolute atomic E-state index is 13.3. The van der Waals surface area contributed by atoms with Crippen molar-refractivity contribution in [2.75, 3.05) is 38.2 Å². The number of anilines is 1. The molecule has 0 amide bonds. The summed E-state index contributed by atoms with van der Waals surface area (Å²) >= 11 is 0. The number of piperazine rings is 1. The number of benzene rings is 1. The van der Waals surface area contributed by atoms with Gasteiger partial charge in [0.25, 0.3) is 0 Å². The fourth-order valence-corrected chi connectivity index (χ4v) is 2.81. The van der Waals surface area contributed by atoms with E-state index in [1.165, 1.54) is 6.33 Å². The van der Waals surface area contributed by atoms with Crippen LogP contribution in [0, 0.1) is 12.7 Å². The highest BCUT2D eigenvalue weighted by atomic mass is 19.1. The lowest BCUT2D eigenvalue weighted by atomic mass is 10.1. The molecule has 0 bridgehead atoms. The molecule has 0 aliphatic carbocycles. The summed E-state index contributed by atoms with van der Waals surface area (Å²) in [6.45, 7) is 6.35. The van der Waals surface area contributed by atoms with E-state index in [4.69, 9.17) is 4.74 Å². The van der Waals surface area contributed by atoms with E-state index >= 15 is 0 Å². The van der Waals surface area contributed by atoms with E-state index in [0.29, 0.717) is 11.4 Å². The molecule has 5 nitrogen and oxygen atoms in total. The lowest BCUT2D eigenvalue weighted by Gasteiger charge is -2.35. The number of hydrogen-bond acceptors (Lipinski definition) is 5. The average molecular weight is 316 g/mol. The van der Waals surface area contributed by atoms with Crippen LogP contribution in [0.2, 0.25) is 0 Å². The van der Waals surface area contributed by atoms with E-state index in [1.54, 1.807) is 20.1 Å². The predicted octanol–water partition coefficient (Wildman–Crippen LogP) is 2.25. The molecule has 23 heavy (non-hydrogen) atoms. The van der Waals surface area contributed by atoms with Crippen molar-refractivity contribution in [3.63, 3.8) is 0 Å². The van der Waals surface area contributed by atoms with Gasteiger partial charge in [0.05, 0.1) is 7.11 Å². The fourth-order valence-electron chi connectivity index (χ4n) is 2.81. The molecule has 1 aromatic carbocycles. The molecule has 1 saturated heterocycles. The summed E-state index contributed by atoms with van der Waals surface area (Å²) < 4.78 is 18.5. The van der Waals surface area contributed by atoms with Crippen molar-refractivity contribution in [2.24, 2.45) is 0 Å². The zero-order valence-electron chi connectivity index (χ0n) is 13.5. The summed E-state index contributed by atoms with van der Waals surface area (Å²) in [6, 6.07) is 7.20. The zero-order valence-corrected chi connectivity index (χ0v) is 13.5. The first-order chi connectivity index (χ1) is 11.2. The quantitative estimate of drug-likeness (QED) is 0.865. The highest BCUT2D eigenvalue weighted by molar-refractivity contribution is 5.41. The number of nitrogens with zero attached hydrogens (tertiary/aromatic N) is 4. The molecule has 0 saturated carbocycles. The Morgan fingerprint density at radius 1 is 1.13 bits per heavy atom. The third-order valence-electron chi connectivity index (χ3n) is 4.16. The van der Waals surface area contributed by atoms with Gasteiger partial charge in [0.1, 0.15) is 18.0 Å². The summed E-state index contributed by atoms with van der Waals surface area (Å²) in [5.41, 5.74) is 1.86. The van der Waals surface area contributed by atoms with Gasteiger partial charge in [-0.3, -0.25) is 4.90 Å². The number of aryl methyl sites for hydroxylation is 1. The average Bonchev–Trinajstić information content (AvgIpc) is 2.59. The Hall–Kier alpha value is -2.21. The van der Waals surface area contributed by atoms with Gasteiger partial charge in [0, 0.05) is 38.8 Å². The van der Waals surface area contributed by atoms with E-state index in [0.717, 1.165) is 44.1 Å². The van der Waals surface area contributed by atoms with Gasteiger partial charge in [-0.2, -0.15) is 0 Å². The molecule has 0 spiro atoms. The van der Waals surface area contributed by atoms with E-state index in [9.17, 15) is 4.39 Å². The summed E-state index contributed by atoms with van der Waals surface area (Å²) in [5.74, 6) is 1.34. The topological polar surface area (TPSA) is 41.5 Å². The minimum absolute atomic E-state index is 0.142. The molecular weight excluding hydrogens is 295 g/mol. The van der Waals surface area contributed by atoms with Gasteiger partial charge in [-0.25, -0.2) is 14.4 Å². The van der Waals surface area contributed by atoms with Crippen LogP contribution in [0.1, 0.15) is 11.1 Å². The Morgan fingerprint density at radius 2 is 1.91 bits per heavy atom. The third-order valence-corrected chi connectivity index (χ3v) is 4.16. The van der Waals surface area contributed by atoms with Crippen LogP contribution in [0.15, 0.2) is 30.6 Å². The Balaban J connectivity index is 1.58. The summed E-state index contributed by atoms with van der Waals surface area (Å²) in [4.78, 5) is 13.0. The summed E-state index contributed by atoms with van der Waals surface area (Å²) in [5, 5.41) is 0. The molecule has 1 fully saturated rings. The van der Waals surface area contributed by atoms with E-state index in [2.05, 4.69) is 19.8 Å². The molecule has 0 radical (unpaired) electrons. The second kappa shape index (κ2) is 6.91. The number of aromatic nitrogens is 2. The highest BCUT2D eigenvalue weighted by Crippen LogP contribution is 2.18. The number of methoxy groups -OCH3 is 1. The number of hydrogen-bond donors (Lipinski definition) is 0. The minimum atomic E-state index is -0.142. The molecule has 6 heteroatoms. The molecule has 0 N–H and O–H groups in total. The molecule has 3 rings (SSSR count). The Kier molecular flexibility index (Phi) is 4.71. The van der Waals surface area contributed by atoms with Crippen molar-refractivity contribution in [2.45, 2.75) is 13.5 Å². The van der Waals surface area contributed by atoms with Crippen LogP contribution in [-0.2, 0) is 6.54 Å². The normalized spacial score (nSPS) is 15.7. The minimum Gasteiger partial charge on any atom is -0.481 e. The van der Waals surface area contributed by atoms with Gasteiger partial charge in [-0.15, -0.1) is 0 Å². The molecule has 1 aromatic heterocycles. The Labute approximate surface area is 135 Å². The van der Waals surface area contributed by atoms with Gasteiger partial charge >= 0.3 is 0 Å². The van der Waals surface area contributed by atoms with E-state index < -0.39 is 0 Å². The SMILES string of the molecule is COc1cc(N2CCN(Cc3ccc(F)c(C)c3)CC2)ncn1. The second-order valence-electron chi connectivity index (χ2n) is 5.77. The monoisotopic (exact) mass is 316 g/mol. The molecule has 1 aliphatic heterocycles. The molecule has 122 valence electrons. The highest BCUT2D eigenvalue weighted by Gasteiger charge is 2.18. The van der Waals surface area contributed by atoms with Crippen LogP contribution in [0.25, 0.3) is 0 Å². The van der Waals surface area contributed by atoms with Crippen molar-refractivity contribution in [3.05, 3.63) is 47.5 Å². The Morgan fingerprint density at radius 3 is 2.61 bits per heavy atom. The van der Waals surface area contributed by atoms with Crippen LogP contribution >= 0.6 is 0 Å². The first-order valence-corrected chi connectivity index (χ1v) is 7.74. The first kappa shape index (κ1) is 15.7. The van der Waals surface area contributed by atoms with Crippen LogP contribution in [0.4, 0.5) is 10.2 Å². The van der Waals surface area contributed by atoms with Crippen molar-refractivity contribution in [1.29, 1.82) is 0 Å². The van der Waals surface area contributed by atoms with Crippen LogP contribution in [0.5, 0.6) is 5.88 Å². The number of rotatable bonds is 4. The van der Waals surface area contributed by atoms with Crippen molar-refractivity contribution >= 4 is 5.82 Å². The summed E-state index contributed by atoms with van der Waals surface area (Å²) in [6.07, 6.45) is 1.53. The van der Waals surface area contributed by atoms with Crippen molar-refractivity contribution in [3.8, 4) is 5.88 Å². The van der Waals surface area contributed by atoms with Crippen LogP contribution < -0.4 is 9.64 Å². The molecule has 2 heterocycles. The zero-order chi connectivity index (χ0) is 16.2. The standard InChI is InChI=1S/C17H21FN4O/c1-13-9-14(3-4-15(13)18)11-21-5-7-22(8-6-21)16-10-17(23-2)20-12-19-16/h3-4,9-10,12H,5-8,11H2,1-2H3. The van der Waals surface area contributed by atoms with Gasteiger partial charge in [-0.05, 0) is 24.1 Å². The van der Waals surface area contributed by atoms with Crippen molar-refractivity contribution < 1.29 is 9.13 Å². The van der Waals surface area contributed by atoms with E-state index in [1.807, 2.05) is 18.2 Å². The first-order valence-electron chi connectivity index (χ1n) is 7.74. The maximum atomic E-state index is 13.3. The largest absolute Gasteiger partial charge is 0.481 e. The lowest BCUT2D eigenvalue weighted by molar-refractivity contribution is 0.249. The molecule has 1 aliphatic rings. The van der Waals surface area contributed by atoms with Crippen LogP contribution in [-0.4, -0.2) is 48.2 Å².